The standard InChI is InChI=1S/C21H26F2N4O2/c1-27-12-15(11-24-27)26-20(28)17-9-13(3-4-19(17)29-2)16-10-18(16)25-14-5-7-21(22,23)8-6-14/h3-4,9,11-12,14,16,18,25H,5-8,10H2,1-2H3,(H,26,28)/t16-,18+/m0/s1. The summed E-state index contributed by atoms with van der Waals surface area (Å²) in [5, 5.41) is 10.4. The van der Waals surface area contributed by atoms with Gasteiger partial charge in [0.25, 0.3) is 5.91 Å². The topological polar surface area (TPSA) is 68.2 Å². The van der Waals surface area contributed by atoms with Crippen LogP contribution in [-0.2, 0) is 7.05 Å². The average molecular weight is 404 g/mol. The molecule has 0 aliphatic heterocycles. The number of anilines is 1. The van der Waals surface area contributed by atoms with E-state index < -0.39 is 5.92 Å². The first kappa shape index (κ1) is 19.8. The summed E-state index contributed by atoms with van der Waals surface area (Å²) in [7, 11) is 3.32. The zero-order valence-corrected chi connectivity index (χ0v) is 16.6. The minimum atomic E-state index is -2.51. The van der Waals surface area contributed by atoms with Crippen molar-refractivity contribution in [2.24, 2.45) is 7.05 Å². The van der Waals surface area contributed by atoms with Crippen molar-refractivity contribution < 1.29 is 18.3 Å². The monoisotopic (exact) mass is 404 g/mol. The molecule has 2 aliphatic rings. The van der Waals surface area contributed by atoms with Crippen LogP contribution in [0.2, 0.25) is 0 Å². The maximum Gasteiger partial charge on any atom is 0.259 e. The van der Waals surface area contributed by atoms with Gasteiger partial charge in [0.15, 0.2) is 0 Å². The Balaban J connectivity index is 1.41. The first-order valence-corrected chi connectivity index (χ1v) is 9.96. The number of aryl methyl sites for hydroxylation is 1. The van der Waals surface area contributed by atoms with Gasteiger partial charge in [0.1, 0.15) is 5.75 Å². The Labute approximate surface area is 168 Å². The van der Waals surface area contributed by atoms with Gasteiger partial charge in [0.2, 0.25) is 5.92 Å². The third kappa shape index (κ3) is 4.58. The second kappa shape index (κ2) is 7.74. The molecular formula is C21H26F2N4O2. The second-order valence-electron chi connectivity index (χ2n) is 8.06. The minimum absolute atomic E-state index is 0.0384. The number of halogens is 2. The quantitative estimate of drug-likeness (QED) is 0.770. The molecular weight excluding hydrogens is 378 g/mol. The molecule has 0 unspecified atom stereocenters. The van der Waals surface area contributed by atoms with Gasteiger partial charge in [0.05, 0.1) is 24.6 Å². The molecule has 1 amide bonds. The normalized spacial score (nSPS) is 23.6. The van der Waals surface area contributed by atoms with Crippen LogP contribution < -0.4 is 15.4 Å². The molecule has 2 aliphatic carbocycles. The number of nitrogens with one attached hydrogen (secondary N) is 2. The number of rotatable bonds is 6. The van der Waals surface area contributed by atoms with Crippen LogP contribution in [0.25, 0.3) is 0 Å². The maximum absolute atomic E-state index is 13.3. The highest BCUT2D eigenvalue weighted by molar-refractivity contribution is 6.06. The van der Waals surface area contributed by atoms with Gasteiger partial charge in [-0.1, -0.05) is 6.07 Å². The number of carbonyl (C=O) groups excluding carboxylic acids is 1. The van der Waals surface area contributed by atoms with Crippen molar-refractivity contribution in [3.8, 4) is 5.75 Å². The molecule has 8 heteroatoms. The summed E-state index contributed by atoms with van der Waals surface area (Å²) in [6.45, 7) is 0. The van der Waals surface area contributed by atoms with Crippen LogP contribution in [0, 0.1) is 0 Å². The van der Waals surface area contributed by atoms with Crippen LogP contribution in [0.1, 0.15) is 53.9 Å². The van der Waals surface area contributed by atoms with Crippen LogP contribution >= 0.6 is 0 Å². The van der Waals surface area contributed by atoms with E-state index in [-0.39, 0.29) is 36.8 Å². The van der Waals surface area contributed by atoms with E-state index in [4.69, 9.17) is 4.74 Å². The third-order valence-electron chi connectivity index (χ3n) is 5.82. The summed E-state index contributed by atoms with van der Waals surface area (Å²) in [5.74, 6) is -1.97. The highest BCUT2D eigenvalue weighted by Crippen LogP contribution is 2.43. The number of hydrogen-bond donors (Lipinski definition) is 2. The van der Waals surface area contributed by atoms with E-state index in [1.54, 1.807) is 24.1 Å². The average Bonchev–Trinajstić information content (AvgIpc) is 3.34. The van der Waals surface area contributed by atoms with Crippen molar-refractivity contribution >= 4 is 11.6 Å². The number of nitrogens with zero attached hydrogens (tertiary/aromatic N) is 2. The molecule has 1 aromatic heterocycles. The Morgan fingerprint density at radius 2 is 2.07 bits per heavy atom. The van der Waals surface area contributed by atoms with Gasteiger partial charge in [-0.2, -0.15) is 5.10 Å². The Bertz CT molecular complexity index is 889. The SMILES string of the molecule is COc1ccc([C@@H]2C[C@H]2NC2CCC(F)(F)CC2)cc1C(=O)Nc1cnn(C)c1. The first-order chi connectivity index (χ1) is 13.8. The van der Waals surface area contributed by atoms with Crippen LogP contribution in [0.3, 0.4) is 0 Å². The lowest BCUT2D eigenvalue weighted by Gasteiger charge is -2.29. The number of alkyl halides is 2. The molecule has 2 aromatic rings. The molecule has 0 saturated heterocycles. The highest BCUT2D eigenvalue weighted by Gasteiger charge is 2.42. The Morgan fingerprint density at radius 1 is 1.31 bits per heavy atom. The molecule has 0 radical (unpaired) electrons. The molecule has 1 aromatic carbocycles. The molecule has 2 N–H and O–H groups in total. The number of ether oxygens (including phenoxy) is 1. The van der Waals surface area contributed by atoms with Crippen LogP contribution in [-0.4, -0.2) is 40.8 Å². The smallest absolute Gasteiger partial charge is 0.259 e. The number of amides is 1. The number of methoxy groups -OCH3 is 1. The van der Waals surface area contributed by atoms with E-state index in [0.29, 0.717) is 29.8 Å². The summed E-state index contributed by atoms with van der Waals surface area (Å²) < 4.78 is 33.7. The predicted molar refractivity (Wildman–Crippen MR) is 106 cm³/mol. The van der Waals surface area contributed by atoms with Gasteiger partial charge in [-0.25, -0.2) is 8.78 Å². The van der Waals surface area contributed by atoms with E-state index >= 15 is 0 Å². The zero-order valence-electron chi connectivity index (χ0n) is 16.6. The summed E-state index contributed by atoms with van der Waals surface area (Å²) in [6, 6.07) is 6.07. The molecule has 2 atom stereocenters. The van der Waals surface area contributed by atoms with Crippen LogP contribution in [0.4, 0.5) is 14.5 Å². The van der Waals surface area contributed by atoms with Gasteiger partial charge >= 0.3 is 0 Å². The van der Waals surface area contributed by atoms with Crippen molar-refractivity contribution in [2.75, 3.05) is 12.4 Å². The van der Waals surface area contributed by atoms with Crippen molar-refractivity contribution in [3.05, 3.63) is 41.7 Å². The third-order valence-corrected chi connectivity index (χ3v) is 5.82. The number of aromatic nitrogens is 2. The van der Waals surface area contributed by atoms with Crippen molar-refractivity contribution in [1.29, 1.82) is 0 Å². The molecule has 1 heterocycles. The summed E-state index contributed by atoms with van der Waals surface area (Å²) in [4.78, 5) is 12.7. The second-order valence-corrected chi connectivity index (χ2v) is 8.06. The summed E-state index contributed by atoms with van der Waals surface area (Å²) in [5.41, 5.74) is 2.14. The van der Waals surface area contributed by atoms with Gasteiger partial charge in [-0.3, -0.25) is 9.48 Å². The lowest BCUT2D eigenvalue weighted by Crippen LogP contribution is -2.38. The van der Waals surface area contributed by atoms with E-state index in [1.165, 1.54) is 7.11 Å². The molecule has 0 spiro atoms. The van der Waals surface area contributed by atoms with Crippen LogP contribution in [0.5, 0.6) is 5.75 Å². The zero-order chi connectivity index (χ0) is 20.6. The molecule has 2 saturated carbocycles. The van der Waals surface area contributed by atoms with E-state index in [9.17, 15) is 13.6 Å². The largest absolute Gasteiger partial charge is 0.496 e. The predicted octanol–water partition coefficient (Wildman–Crippen LogP) is 3.70. The minimum Gasteiger partial charge on any atom is -0.496 e. The number of benzene rings is 1. The first-order valence-electron chi connectivity index (χ1n) is 9.96. The van der Waals surface area contributed by atoms with Crippen LogP contribution in [0.15, 0.2) is 30.6 Å². The van der Waals surface area contributed by atoms with Gasteiger partial charge in [-0.05, 0) is 37.0 Å². The lowest BCUT2D eigenvalue weighted by atomic mass is 9.92. The fourth-order valence-electron chi connectivity index (χ4n) is 4.08. The molecule has 0 bridgehead atoms. The summed E-state index contributed by atoms with van der Waals surface area (Å²) >= 11 is 0. The van der Waals surface area contributed by atoms with Crippen molar-refractivity contribution in [2.45, 2.75) is 56.0 Å². The highest BCUT2D eigenvalue weighted by atomic mass is 19.3. The number of hydrogen-bond acceptors (Lipinski definition) is 4. The lowest BCUT2D eigenvalue weighted by molar-refractivity contribution is -0.0405. The van der Waals surface area contributed by atoms with Crippen molar-refractivity contribution in [1.82, 2.24) is 15.1 Å². The number of carbonyl (C=O) groups is 1. The van der Waals surface area contributed by atoms with E-state index in [0.717, 1.165) is 12.0 Å². The Kier molecular flexibility index (Phi) is 5.29. The molecule has 156 valence electrons. The van der Waals surface area contributed by atoms with Gasteiger partial charge in [-0.15, -0.1) is 0 Å². The summed E-state index contributed by atoms with van der Waals surface area (Å²) in [6.07, 6.45) is 5.20. The van der Waals surface area contributed by atoms with E-state index in [1.807, 2.05) is 18.2 Å². The van der Waals surface area contributed by atoms with Crippen molar-refractivity contribution in [3.63, 3.8) is 0 Å². The van der Waals surface area contributed by atoms with E-state index in [2.05, 4.69) is 15.7 Å². The molecule has 6 nitrogen and oxygen atoms in total. The Hall–Kier alpha value is -2.48. The van der Waals surface area contributed by atoms with Gasteiger partial charge in [0, 0.05) is 44.1 Å². The fraction of sp³-hybridized carbons (Fsp3) is 0.524. The van der Waals surface area contributed by atoms with Gasteiger partial charge < -0.3 is 15.4 Å². The molecule has 4 rings (SSSR count). The molecule has 2 fully saturated rings. The molecule has 29 heavy (non-hydrogen) atoms. The Morgan fingerprint density at radius 3 is 2.72 bits per heavy atom. The maximum atomic E-state index is 13.3. The fourth-order valence-corrected chi connectivity index (χ4v) is 4.08.